The number of amides is 1. The number of ether oxygens (including phenoxy) is 2. The number of allylic oxidation sites excluding steroid dienone is 3. The summed E-state index contributed by atoms with van der Waals surface area (Å²) in [6.07, 6.45) is 54.6. The summed E-state index contributed by atoms with van der Waals surface area (Å²) in [5, 5.41) is 54.0. The number of rotatable bonds is 50. The fourth-order valence-electron chi connectivity index (χ4n) is 9.39. The molecule has 7 unspecified atom stereocenters. The third kappa shape index (κ3) is 38.1. The minimum atomic E-state index is -1.56. The van der Waals surface area contributed by atoms with Gasteiger partial charge in [-0.1, -0.05) is 256 Å². The topological polar surface area (TPSA) is 149 Å². The van der Waals surface area contributed by atoms with E-state index in [0.717, 1.165) is 38.5 Å². The van der Waals surface area contributed by atoms with Gasteiger partial charge in [-0.15, -0.1) is 0 Å². The van der Waals surface area contributed by atoms with E-state index in [9.17, 15) is 30.3 Å². The first kappa shape index (κ1) is 63.7. The summed E-state index contributed by atoms with van der Waals surface area (Å²) in [5.41, 5.74) is 0. The van der Waals surface area contributed by atoms with Crippen LogP contribution in [0.3, 0.4) is 0 Å². The molecule has 0 radical (unpaired) electrons. The van der Waals surface area contributed by atoms with Crippen molar-refractivity contribution in [3.05, 3.63) is 24.3 Å². The highest BCUT2D eigenvalue weighted by Gasteiger charge is 2.44. The molecule has 9 heteroatoms. The molecule has 0 spiro atoms. The number of aliphatic hydroxyl groups excluding tert-OH is 5. The lowest BCUT2D eigenvalue weighted by atomic mass is 9.99. The second-order valence-electron chi connectivity index (χ2n) is 20.4. The Hall–Kier alpha value is -1.33. The molecule has 1 rings (SSSR count). The van der Waals surface area contributed by atoms with Gasteiger partial charge in [0.15, 0.2) is 6.29 Å². The summed E-state index contributed by atoms with van der Waals surface area (Å²) >= 11 is 0. The standard InChI is InChI=1S/C58H111NO8/c1-3-5-7-9-11-12-13-14-15-16-17-18-19-20-21-22-23-24-25-26-27-28-29-30-31-32-33-34-35-36-37-38-39-40-42-44-46-48-54(62)59-51(52(61)47-45-43-41-10-8-6-4-2)50-66-58-57(65)56(64)55(63)53(49-60)67-58/h16-17,45,47,51-53,55-58,60-61,63-65H,3-15,18-44,46,48-50H2,1-2H3,(H,59,62)/b17-16-,47-45+. The Balaban J connectivity index is 1.97. The molecule has 1 aliphatic rings. The van der Waals surface area contributed by atoms with E-state index < -0.39 is 49.5 Å². The normalized spacial score (nSPS) is 19.8. The van der Waals surface area contributed by atoms with E-state index in [0.29, 0.717) is 6.42 Å². The zero-order valence-electron chi connectivity index (χ0n) is 43.9. The van der Waals surface area contributed by atoms with Crippen molar-refractivity contribution in [1.29, 1.82) is 0 Å². The zero-order chi connectivity index (χ0) is 48.7. The van der Waals surface area contributed by atoms with Gasteiger partial charge in [0.2, 0.25) is 5.91 Å². The quantitative estimate of drug-likeness (QED) is 0.0261. The molecule has 0 aliphatic carbocycles. The van der Waals surface area contributed by atoms with E-state index in [4.69, 9.17) is 9.47 Å². The Kier molecular flexibility index (Phi) is 45.9. The van der Waals surface area contributed by atoms with Gasteiger partial charge in [-0.2, -0.15) is 0 Å². The SMILES string of the molecule is CCCCCCC/C=C/C(O)C(COC1OC(CO)C(O)C(O)C1O)NC(=O)CCCCCCCCCCCCCCCCCCCCCCCCCCC/C=C\CCCCCCCCCC. The van der Waals surface area contributed by atoms with Crippen LogP contribution in [0.15, 0.2) is 24.3 Å². The van der Waals surface area contributed by atoms with Crippen LogP contribution in [0.5, 0.6) is 0 Å². The first-order valence-corrected chi connectivity index (χ1v) is 29.1. The molecule has 0 saturated carbocycles. The van der Waals surface area contributed by atoms with Crippen molar-refractivity contribution in [1.82, 2.24) is 5.32 Å². The molecule has 0 bridgehead atoms. The number of hydrogen-bond acceptors (Lipinski definition) is 8. The first-order valence-electron chi connectivity index (χ1n) is 29.1. The lowest BCUT2D eigenvalue weighted by Gasteiger charge is -2.40. The molecular weight excluding hydrogens is 839 g/mol. The Morgan fingerprint density at radius 3 is 1.21 bits per heavy atom. The minimum absolute atomic E-state index is 0.176. The van der Waals surface area contributed by atoms with Crippen molar-refractivity contribution in [2.75, 3.05) is 13.2 Å². The Labute approximate surface area is 413 Å². The molecule has 1 saturated heterocycles. The molecule has 9 nitrogen and oxygen atoms in total. The first-order chi connectivity index (χ1) is 32.8. The van der Waals surface area contributed by atoms with Gasteiger partial charge >= 0.3 is 0 Å². The third-order valence-electron chi connectivity index (χ3n) is 14.0. The van der Waals surface area contributed by atoms with E-state index >= 15 is 0 Å². The highest BCUT2D eigenvalue weighted by molar-refractivity contribution is 5.76. The van der Waals surface area contributed by atoms with E-state index in [1.165, 1.54) is 225 Å². The average Bonchev–Trinajstić information content (AvgIpc) is 3.33. The van der Waals surface area contributed by atoms with Crippen molar-refractivity contribution < 1.29 is 39.8 Å². The van der Waals surface area contributed by atoms with Gasteiger partial charge in [0.1, 0.15) is 24.4 Å². The average molecular weight is 951 g/mol. The van der Waals surface area contributed by atoms with Crippen LogP contribution in [0.25, 0.3) is 0 Å². The third-order valence-corrected chi connectivity index (χ3v) is 14.0. The largest absolute Gasteiger partial charge is 0.394 e. The van der Waals surface area contributed by atoms with Gasteiger partial charge in [0.05, 0.1) is 25.4 Å². The Morgan fingerprint density at radius 1 is 0.493 bits per heavy atom. The molecule has 1 fully saturated rings. The molecule has 67 heavy (non-hydrogen) atoms. The van der Waals surface area contributed by atoms with Crippen LogP contribution in [0.1, 0.15) is 284 Å². The number of hydrogen-bond donors (Lipinski definition) is 6. The summed E-state index contributed by atoms with van der Waals surface area (Å²) in [4.78, 5) is 12.9. The van der Waals surface area contributed by atoms with E-state index in [-0.39, 0.29) is 12.5 Å². The van der Waals surface area contributed by atoms with Crippen LogP contribution in [0, 0.1) is 0 Å². The smallest absolute Gasteiger partial charge is 0.220 e. The number of aliphatic hydroxyl groups is 5. The molecular formula is C58H111NO8. The zero-order valence-corrected chi connectivity index (χ0v) is 43.9. The van der Waals surface area contributed by atoms with Crippen molar-refractivity contribution >= 4 is 5.91 Å². The summed E-state index contributed by atoms with van der Waals surface area (Å²) in [7, 11) is 0. The van der Waals surface area contributed by atoms with Gasteiger partial charge in [-0.25, -0.2) is 0 Å². The second kappa shape index (κ2) is 48.3. The minimum Gasteiger partial charge on any atom is -0.394 e. The number of carbonyl (C=O) groups is 1. The summed E-state index contributed by atoms with van der Waals surface area (Å²) in [6.45, 7) is 3.73. The lowest BCUT2D eigenvalue weighted by Crippen LogP contribution is -2.60. The molecule has 1 aliphatic heterocycles. The molecule has 1 amide bonds. The van der Waals surface area contributed by atoms with Crippen molar-refractivity contribution in [2.45, 2.75) is 326 Å². The van der Waals surface area contributed by atoms with E-state index in [1.54, 1.807) is 6.08 Å². The predicted molar refractivity (Wildman–Crippen MR) is 281 cm³/mol. The van der Waals surface area contributed by atoms with E-state index in [1.807, 2.05) is 6.08 Å². The maximum absolute atomic E-state index is 12.9. The molecule has 1 heterocycles. The summed E-state index contributed by atoms with van der Waals surface area (Å²) in [6, 6.07) is -0.798. The van der Waals surface area contributed by atoms with Gasteiger partial charge in [-0.05, 0) is 44.9 Å². The van der Waals surface area contributed by atoms with Crippen LogP contribution >= 0.6 is 0 Å². The lowest BCUT2D eigenvalue weighted by molar-refractivity contribution is -0.302. The van der Waals surface area contributed by atoms with Crippen molar-refractivity contribution in [3.8, 4) is 0 Å². The van der Waals surface area contributed by atoms with Crippen molar-refractivity contribution in [3.63, 3.8) is 0 Å². The van der Waals surface area contributed by atoms with Crippen LogP contribution in [-0.4, -0.2) is 87.5 Å². The molecule has 0 aromatic heterocycles. The van der Waals surface area contributed by atoms with Crippen LogP contribution in [0.2, 0.25) is 0 Å². The fraction of sp³-hybridized carbons (Fsp3) is 0.914. The van der Waals surface area contributed by atoms with Gasteiger partial charge < -0.3 is 40.3 Å². The van der Waals surface area contributed by atoms with E-state index in [2.05, 4.69) is 31.3 Å². The molecule has 0 aromatic rings. The maximum Gasteiger partial charge on any atom is 0.220 e. The van der Waals surface area contributed by atoms with Crippen LogP contribution < -0.4 is 5.32 Å². The van der Waals surface area contributed by atoms with Crippen LogP contribution in [0.4, 0.5) is 0 Å². The predicted octanol–water partition coefficient (Wildman–Crippen LogP) is 14.2. The second-order valence-corrected chi connectivity index (χ2v) is 20.4. The molecule has 6 N–H and O–H groups in total. The van der Waals surface area contributed by atoms with Gasteiger partial charge in [0.25, 0.3) is 0 Å². The highest BCUT2D eigenvalue weighted by atomic mass is 16.7. The maximum atomic E-state index is 12.9. The summed E-state index contributed by atoms with van der Waals surface area (Å²) < 4.78 is 11.2. The van der Waals surface area contributed by atoms with Gasteiger partial charge in [0, 0.05) is 6.42 Å². The Morgan fingerprint density at radius 2 is 0.836 bits per heavy atom. The highest BCUT2D eigenvalue weighted by Crippen LogP contribution is 2.23. The summed E-state index contributed by atoms with van der Waals surface area (Å²) in [5.74, 6) is -0.176. The van der Waals surface area contributed by atoms with Gasteiger partial charge in [-0.3, -0.25) is 4.79 Å². The fourth-order valence-corrected chi connectivity index (χ4v) is 9.39. The monoisotopic (exact) mass is 950 g/mol. The molecule has 7 atom stereocenters. The van der Waals surface area contributed by atoms with Crippen molar-refractivity contribution in [2.24, 2.45) is 0 Å². The van der Waals surface area contributed by atoms with Crippen LogP contribution in [-0.2, 0) is 14.3 Å². The molecule has 396 valence electrons. The number of nitrogens with one attached hydrogen (secondary N) is 1. The number of unbranched alkanes of at least 4 members (excludes halogenated alkanes) is 38. The number of carbonyl (C=O) groups excluding carboxylic acids is 1. The Bertz CT molecular complexity index is 1100. The molecule has 0 aromatic carbocycles.